The molecule has 5 nitrogen and oxygen atoms in total. The van der Waals surface area contributed by atoms with Gasteiger partial charge in [0.25, 0.3) is 10.1 Å². The summed E-state index contributed by atoms with van der Waals surface area (Å²) in [5, 5.41) is 8.48. The van der Waals surface area contributed by atoms with Gasteiger partial charge in [-0.2, -0.15) is 8.42 Å². The lowest BCUT2D eigenvalue weighted by Gasteiger charge is -2.10. The summed E-state index contributed by atoms with van der Waals surface area (Å²) in [4.78, 5) is 10.4. The Labute approximate surface area is 93.8 Å². The van der Waals surface area contributed by atoms with Crippen molar-refractivity contribution in [2.24, 2.45) is 0 Å². The summed E-state index contributed by atoms with van der Waals surface area (Å²) in [6.45, 7) is 1.40. The van der Waals surface area contributed by atoms with Crippen LogP contribution < -0.4 is 0 Å². The zero-order chi connectivity index (χ0) is 12.2. The standard InChI is InChI=1S/C10H12O5S/c1-8(7-10(11)12)15-16(13,14)9-5-3-2-4-6-9/h2-6,8H,7H2,1H3,(H,11,12). The van der Waals surface area contributed by atoms with E-state index in [0.717, 1.165) is 0 Å². The van der Waals surface area contributed by atoms with Gasteiger partial charge >= 0.3 is 5.97 Å². The number of carboxylic acids is 1. The summed E-state index contributed by atoms with van der Waals surface area (Å²) in [7, 11) is -3.87. The highest BCUT2D eigenvalue weighted by Crippen LogP contribution is 2.14. The van der Waals surface area contributed by atoms with E-state index in [1.807, 2.05) is 0 Å². The average Bonchev–Trinajstić information content (AvgIpc) is 2.16. The Balaban J connectivity index is 2.77. The van der Waals surface area contributed by atoms with E-state index in [2.05, 4.69) is 0 Å². The van der Waals surface area contributed by atoms with Gasteiger partial charge in [-0.15, -0.1) is 0 Å². The third kappa shape index (κ3) is 3.63. The molecule has 1 N–H and O–H groups in total. The van der Waals surface area contributed by atoms with E-state index in [9.17, 15) is 13.2 Å². The molecule has 0 amide bonds. The molecule has 0 aliphatic rings. The van der Waals surface area contributed by atoms with Crippen LogP contribution >= 0.6 is 0 Å². The highest BCUT2D eigenvalue weighted by Gasteiger charge is 2.20. The molecule has 0 aliphatic heterocycles. The second-order valence-electron chi connectivity index (χ2n) is 3.27. The summed E-state index contributed by atoms with van der Waals surface area (Å²) in [5.41, 5.74) is 0. The Hall–Kier alpha value is -1.40. The van der Waals surface area contributed by atoms with E-state index in [4.69, 9.17) is 9.29 Å². The zero-order valence-electron chi connectivity index (χ0n) is 8.66. The van der Waals surface area contributed by atoms with Crippen LogP contribution in [0, 0.1) is 0 Å². The van der Waals surface area contributed by atoms with Crippen LogP contribution in [-0.4, -0.2) is 25.6 Å². The van der Waals surface area contributed by atoms with Crippen molar-refractivity contribution in [2.75, 3.05) is 0 Å². The fourth-order valence-corrected chi connectivity index (χ4v) is 2.24. The molecule has 88 valence electrons. The Bertz CT molecular complexity index is 451. The van der Waals surface area contributed by atoms with Crippen LogP contribution in [0.15, 0.2) is 35.2 Å². The topological polar surface area (TPSA) is 80.7 Å². The molecule has 0 aromatic heterocycles. The minimum Gasteiger partial charge on any atom is -0.481 e. The summed E-state index contributed by atoms with van der Waals surface area (Å²) < 4.78 is 27.9. The Morgan fingerprint density at radius 2 is 1.94 bits per heavy atom. The molecule has 0 fully saturated rings. The summed E-state index contributed by atoms with van der Waals surface area (Å²) in [6, 6.07) is 7.60. The van der Waals surface area contributed by atoms with Crippen molar-refractivity contribution in [3.8, 4) is 0 Å². The molecule has 6 heteroatoms. The maximum Gasteiger partial charge on any atom is 0.306 e. The van der Waals surface area contributed by atoms with E-state index in [1.54, 1.807) is 18.2 Å². The SMILES string of the molecule is CC(CC(=O)O)OS(=O)(=O)c1ccccc1. The van der Waals surface area contributed by atoms with Crippen LogP contribution in [0.25, 0.3) is 0 Å². The van der Waals surface area contributed by atoms with Gasteiger partial charge in [0.15, 0.2) is 0 Å². The molecule has 1 aromatic carbocycles. The molecule has 0 spiro atoms. The second kappa shape index (κ2) is 5.09. The predicted molar refractivity (Wildman–Crippen MR) is 56.4 cm³/mol. The number of carbonyl (C=O) groups is 1. The highest BCUT2D eigenvalue weighted by molar-refractivity contribution is 7.86. The number of carboxylic acid groups (broad SMARTS) is 1. The van der Waals surface area contributed by atoms with Gasteiger partial charge in [-0.05, 0) is 19.1 Å². The van der Waals surface area contributed by atoms with Gasteiger partial charge < -0.3 is 5.11 Å². The fourth-order valence-electron chi connectivity index (χ4n) is 1.14. The molecular weight excluding hydrogens is 232 g/mol. The molecule has 0 bridgehead atoms. The Kier molecular flexibility index (Phi) is 4.03. The van der Waals surface area contributed by atoms with Gasteiger partial charge in [0.05, 0.1) is 17.4 Å². The largest absolute Gasteiger partial charge is 0.481 e. The Morgan fingerprint density at radius 1 is 1.38 bits per heavy atom. The summed E-state index contributed by atoms with van der Waals surface area (Å²) in [6.07, 6.45) is -1.24. The van der Waals surface area contributed by atoms with Gasteiger partial charge in [0.2, 0.25) is 0 Å². The first kappa shape index (κ1) is 12.7. The lowest BCUT2D eigenvalue weighted by Crippen LogP contribution is -2.18. The zero-order valence-corrected chi connectivity index (χ0v) is 9.48. The summed E-state index contributed by atoms with van der Waals surface area (Å²) in [5.74, 6) is -1.10. The van der Waals surface area contributed by atoms with E-state index in [0.29, 0.717) is 0 Å². The van der Waals surface area contributed by atoms with E-state index in [-0.39, 0.29) is 11.3 Å². The number of hydrogen-bond acceptors (Lipinski definition) is 4. The van der Waals surface area contributed by atoms with E-state index >= 15 is 0 Å². The molecule has 1 unspecified atom stereocenters. The van der Waals surface area contributed by atoms with Crippen LogP contribution in [0.5, 0.6) is 0 Å². The van der Waals surface area contributed by atoms with E-state index < -0.39 is 22.2 Å². The normalized spacial score (nSPS) is 13.3. The number of hydrogen-bond donors (Lipinski definition) is 1. The lowest BCUT2D eigenvalue weighted by molar-refractivity contribution is -0.138. The second-order valence-corrected chi connectivity index (χ2v) is 4.84. The first-order valence-corrected chi connectivity index (χ1v) is 6.03. The number of aliphatic carboxylic acids is 1. The molecule has 1 aromatic rings. The Morgan fingerprint density at radius 3 is 2.44 bits per heavy atom. The van der Waals surface area contributed by atoms with Crippen molar-refractivity contribution in [3.63, 3.8) is 0 Å². The van der Waals surface area contributed by atoms with Gasteiger partial charge in [0, 0.05) is 0 Å². The van der Waals surface area contributed by atoms with Crippen LogP contribution in [-0.2, 0) is 19.1 Å². The first-order valence-electron chi connectivity index (χ1n) is 4.62. The molecule has 0 heterocycles. The van der Waals surface area contributed by atoms with Gasteiger partial charge in [-0.3, -0.25) is 8.98 Å². The highest BCUT2D eigenvalue weighted by atomic mass is 32.2. The van der Waals surface area contributed by atoms with Crippen molar-refractivity contribution >= 4 is 16.1 Å². The van der Waals surface area contributed by atoms with Crippen molar-refractivity contribution in [1.82, 2.24) is 0 Å². The smallest absolute Gasteiger partial charge is 0.306 e. The third-order valence-electron chi connectivity index (χ3n) is 1.78. The maximum atomic E-state index is 11.6. The van der Waals surface area contributed by atoms with Crippen LogP contribution in [0.3, 0.4) is 0 Å². The van der Waals surface area contributed by atoms with Gasteiger partial charge in [-0.1, -0.05) is 18.2 Å². The minimum absolute atomic E-state index is 0.0206. The number of rotatable bonds is 5. The van der Waals surface area contributed by atoms with Crippen molar-refractivity contribution < 1.29 is 22.5 Å². The molecule has 0 aliphatic carbocycles. The van der Waals surface area contributed by atoms with Crippen molar-refractivity contribution in [3.05, 3.63) is 30.3 Å². The molecule has 0 saturated carbocycles. The minimum atomic E-state index is -3.87. The maximum absolute atomic E-state index is 11.6. The van der Waals surface area contributed by atoms with Crippen LogP contribution in [0.2, 0.25) is 0 Å². The molecule has 0 saturated heterocycles. The van der Waals surface area contributed by atoms with Crippen LogP contribution in [0.1, 0.15) is 13.3 Å². The molecule has 16 heavy (non-hydrogen) atoms. The van der Waals surface area contributed by atoms with Crippen molar-refractivity contribution in [2.45, 2.75) is 24.3 Å². The monoisotopic (exact) mass is 244 g/mol. The molecular formula is C10H12O5S. The van der Waals surface area contributed by atoms with Gasteiger partial charge in [-0.25, -0.2) is 0 Å². The van der Waals surface area contributed by atoms with Gasteiger partial charge in [0.1, 0.15) is 0 Å². The average molecular weight is 244 g/mol. The lowest BCUT2D eigenvalue weighted by atomic mass is 10.3. The quantitative estimate of drug-likeness (QED) is 0.788. The van der Waals surface area contributed by atoms with Crippen molar-refractivity contribution in [1.29, 1.82) is 0 Å². The predicted octanol–water partition coefficient (Wildman–Crippen LogP) is 1.26. The fraction of sp³-hybridized carbons (Fsp3) is 0.300. The summed E-state index contributed by atoms with van der Waals surface area (Å²) >= 11 is 0. The van der Waals surface area contributed by atoms with E-state index in [1.165, 1.54) is 19.1 Å². The van der Waals surface area contributed by atoms with Crippen LogP contribution in [0.4, 0.5) is 0 Å². The molecule has 1 rings (SSSR count). The third-order valence-corrected chi connectivity index (χ3v) is 3.22. The molecule has 1 atom stereocenters. The number of benzene rings is 1. The molecule has 0 radical (unpaired) electrons. The first-order chi connectivity index (χ1) is 7.42.